The van der Waals surface area contributed by atoms with Gasteiger partial charge in [-0.2, -0.15) is 4.31 Å². The highest BCUT2D eigenvalue weighted by atomic mass is 32.2. The highest BCUT2D eigenvalue weighted by molar-refractivity contribution is 7.89. The van der Waals surface area contributed by atoms with Crippen molar-refractivity contribution >= 4 is 27.5 Å². The highest BCUT2D eigenvalue weighted by Gasteiger charge is 2.33. The van der Waals surface area contributed by atoms with Gasteiger partial charge in [-0.05, 0) is 42.7 Å². The van der Waals surface area contributed by atoms with Crippen LogP contribution < -0.4 is 11.1 Å². The van der Waals surface area contributed by atoms with E-state index >= 15 is 0 Å². The first-order valence-electron chi connectivity index (χ1n) is 10.1. The lowest BCUT2D eigenvalue weighted by Crippen LogP contribution is -2.45. The number of sulfonamides is 1. The van der Waals surface area contributed by atoms with Gasteiger partial charge in [0.1, 0.15) is 0 Å². The zero-order valence-electron chi connectivity index (χ0n) is 16.8. The molecule has 2 amide bonds. The van der Waals surface area contributed by atoms with E-state index in [4.69, 9.17) is 5.73 Å². The fourth-order valence-electron chi connectivity index (χ4n) is 3.76. The molecule has 0 spiro atoms. The van der Waals surface area contributed by atoms with Crippen molar-refractivity contribution in [2.75, 3.05) is 11.9 Å². The van der Waals surface area contributed by atoms with Crippen LogP contribution >= 0.6 is 0 Å². The predicted molar refractivity (Wildman–Crippen MR) is 115 cm³/mol. The van der Waals surface area contributed by atoms with Crippen molar-refractivity contribution in [2.24, 2.45) is 5.73 Å². The molecule has 1 aliphatic rings. The minimum atomic E-state index is -3.79. The molecule has 0 atom stereocenters. The van der Waals surface area contributed by atoms with Crippen molar-refractivity contribution in [2.45, 2.75) is 49.5 Å². The van der Waals surface area contributed by atoms with E-state index in [-0.39, 0.29) is 23.9 Å². The van der Waals surface area contributed by atoms with E-state index in [0.29, 0.717) is 5.69 Å². The molecule has 0 unspecified atom stereocenters. The monoisotopic (exact) mass is 429 g/mol. The van der Waals surface area contributed by atoms with E-state index < -0.39 is 21.8 Å². The lowest BCUT2D eigenvalue weighted by atomic mass is 9.95. The molecule has 2 aromatic rings. The average molecular weight is 430 g/mol. The van der Waals surface area contributed by atoms with Gasteiger partial charge in [0.2, 0.25) is 21.8 Å². The lowest BCUT2D eigenvalue weighted by molar-refractivity contribution is -0.118. The summed E-state index contributed by atoms with van der Waals surface area (Å²) in [5.74, 6) is -0.830. The molecule has 0 saturated heterocycles. The Labute approximate surface area is 177 Å². The van der Waals surface area contributed by atoms with Crippen LogP contribution in [0.15, 0.2) is 59.5 Å². The predicted octanol–water partition coefficient (Wildman–Crippen LogP) is 2.68. The van der Waals surface area contributed by atoms with Crippen molar-refractivity contribution < 1.29 is 18.0 Å². The van der Waals surface area contributed by atoms with Crippen LogP contribution in [0.1, 0.15) is 37.7 Å². The summed E-state index contributed by atoms with van der Waals surface area (Å²) >= 11 is 0. The van der Waals surface area contributed by atoms with Crippen molar-refractivity contribution in [3.8, 4) is 0 Å². The quantitative estimate of drug-likeness (QED) is 0.672. The summed E-state index contributed by atoms with van der Waals surface area (Å²) in [7, 11) is -3.79. The maximum atomic E-state index is 13.3. The van der Waals surface area contributed by atoms with Gasteiger partial charge in [-0.15, -0.1) is 0 Å². The van der Waals surface area contributed by atoms with Gasteiger partial charge in [-0.25, -0.2) is 8.42 Å². The lowest BCUT2D eigenvalue weighted by Gasteiger charge is -2.33. The Morgan fingerprint density at radius 3 is 2.20 bits per heavy atom. The fraction of sp³-hybridized carbons (Fsp3) is 0.364. The Balaban J connectivity index is 1.75. The molecule has 2 aromatic carbocycles. The van der Waals surface area contributed by atoms with E-state index in [9.17, 15) is 18.0 Å². The Morgan fingerprint density at radius 2 is 1.60 bits per heavy atom. The SMILES string of the molecule is NC(=O)Cc1ccc(NC(=O)CN(C2CCCCC2)S(=O)(=O)c2ccccc2)cc1. The summed E-state index contributed by atoms with van der Waals surface area (Å²) < 4.78 is 27.9. The number of rotatable bonds is 8. The smallest absolute Gasteiger partial charge is 0.243 e. The van der Waals surface area contributed by atoms with Crippen molar-refractivity contribution in [3.05, 3.63) is 60.2 Å². The molecule has 160 valence electrons. The summed E-state index contributed by atoms with van der Waals surface area (Å²) in [6.07, 6.45) is 4.61. The maximum Gasteiger partial charge on any atom is 0.243 e. The van der Waals surface area contributed by atoms with Gasteiger partial charge in [-0.1, -0.05) is 49.6 Å². The van der Waals surface area contributed by atoms with Crippen molar-refractivity contribution in [3.63, 3.8) is 0 Å². The largest absolute Gasteiger partial charge is 0.369 e. The van der Waals surface area contributed by atoms with E-state index in [2.05, 4.69) is 5.32 Å². The van der Waals surface area contributed by atoms with Crippen LogP contribution in [0.4, 0.5) is 5.69 Å². The number of nitrogens with one attached hydrogen (secondary N) is 1. The number of nitrogens with two attached hydrogens (primary N) is 1. The fourth-order valence-corrected chi connectivity index (χ4v) is 5.42. The third-order valence-corrected chi connectivity index (χ3v) is 7.16. The summed E-state index contributed by atoms with van der Waals surface area (Å²) in [6, 6.07) is 14.8. The van der Waals surface area contributed by atoms with Gasteiger partial charge in [0.05, 0.1) is 17.9 Å². The Bertz CT molecular complexity index is 969. The molecule has 30 heavy (non-hydrogen) atoms. The second-order valence-electron chi connectivity index (χ2n) is 7.54. The molecule has 8 heteroatoms. The standard InChI is InChI=1S/C22H27N3O4S/c23-21(26)15-17-11-13-18(14-12-17)24-22(27)16-25(19-7-3-1-4-8-19)30(28,29)20-9-5-2-6-10-20/h2,5-6,9-14,19H,1,3-4,7-8,15-16H2,(H2,23,26)(H,24,27). The topological polar surface area (TPSA) is 110 Å². The van der Waals surface area contributed by atoms with Gasteiger partial charge in [0.15, 0.2) is 0 Å². The van der Waals surface area contributed by atoms with E-state index in [1.807, 2.05) is 0 Å². The molecule has 7 nitrogen and oxygen atoms in total. The number of benzene rings is 2. The van der Waals surface area contributed by atoms with Crippen LogP contribution in [0.2, 0.25) is 0 Å². The molecule has 1 aliphatic carbocycles. The third kappa shape index (κ3) is 5.67. The zero-order chi connectivity index (χ0) is 21.6. The summed E-state index contributed by atoms with van der Waals surface area (Å²) in [5, 5.41) is 2.75. The number of amides is 2. The summed E-state index contributed by atoms with van der Waals surface area (Å²) in [4.78, 5) is 23.9. The van der Waals surface area contributed by atoms with Crippen LogP contribution in [0, 0.1) is 0 Å². The maximum absolute atomic E-state index is 13.3. The first kappa shape index (κ1) is 22.0. The minimum Gasteiger partial charge on any atom is -0.369 e. The summed E-state index contributed by atoms with van der Waals surface area (Å²) in [6.45, 7) is -0.245. The molecule has 1 fully saturated rings. The van der Waals surface area contributed by atoms with Gasteiger partial charge in [-0.3, -0.25) is 9.59 Å². The number of carbonyl (C=O) groups excluding carboxylic acids is 2. The van der Waals surface area contributed by atoms with Crippen LogP contribution in [0.5, 0.6) is 0 Å². The Kier molecular flexibility index (Phi) is 7.23. The molecule has 0 radical (unpaired) electrons. The number of nitrogens with zero attached hydrogens (tertiary/aromatic N) is 1. The molecule has 0 aliphatic heterocycles. The molecule has 0 bridgehead atoms. The van der Waals surface area contributed by atoms with E-state index in [0.717, 1.165) is 37.7 Å². The van der Waals surface area contributed by atoms with Crippen molar-refractivity contribution in [1.82, 2.24) is 4.31 Å². The molecule has 3 N–H and O–H groups in total. The van der Waals surface area contributed by atoms with Gasteiger partial charge >= 0.3 is 0 Å². The van der Waals surface area contributed by atoms with Crippen LogP contribution in [0.25, 0.3) is 0 Å². The zero-order valence-corrected chi connectivity index (χ0v) is 17.6. The van der Waals surface area contributed by atoms with Gasteiger partial charge in [0, 0.05) is 11.7 Å². The molecular formula is C22H27N3O4S. The third-order valence-electron chi connectivity index (χ3n) is 5.25. The number of primary amides is 1. The van der Waals surface area contributed by atoms with Crippen LogP contribution in [-0.4, -0.2) is 37.1 Å². The Morgan fingerprint density at radius 1 is 0.967 bits per heavy atom. The van der Waals surface area contributed by atoms with E-state index in [1.54, 1.807) is 54.6 Å². The Hall–Kier alpha value is -2.71. The molecule has 0 heterocycles. The number of anilines is 1. The number of carbonyl (C=O) groups is 2. The molecule has 0 aromatic heterocycles. The molecule has 1 saturated carbocycles. The molecule has 3 rings (SSSR count). The second kappa shape index (κ2) is 9.86. The van der Waals surface area contributed by atoms with Crippen LogP contribution in [-0.2, 0) is 26.0 Å². The van der Waals surface area contributed by atoms with Crippen LogP contribution in [0.3, 0.4) is 0 Å². The molecular weight excluding hydrogens is 402 g/mol. The first-order valence-corrected chi connectivity index (χ1v) is 11.5. The normalized spacial score (nSPS) is 15.1. The van der Waals surface area contributed by atoms with Gasteiger partial charge in [0.25, 0.3) is 0 Å². The second-order valence-corrected chi connectivity index (χ2v) is 9.43. The minimum absolute atomic E-state index is 0.124. The van der Waals surface area contributed by atoms with Crippen molar-refractivity contribution in [1.29, 1.82) is 0 Å². The number of hydrogen-bond acceptors (Lipinski definition) is 4. The highest BCUT2D eigenvalue weighted by Crippen LogP contribution is 2.27. The average Bonchev–Trinajstić information content (AvgIpc) is 2.74. The summed E-state index contributed by atoms with van der Waals surface area (Å²) in [5.41, 5.74) is 6.47. The van der Waals surface area contributed by atoms with E-state index in [1.165, 1.54) is 4.31 Å². The van der Waals surface area contributed by atoms with Gasteiger partial charge < -0.3 is 11.1 Å². The number of hydrogen-bond donors (Lipinski definition) is 2. The first-order chi connectivity index (χ1) is 14.4.